The molecule has 2 aromatic rings. The molecule has 0 unspecified atom stereocenters. The molecule has 23 heavy (non-hydrogen) atoms. The van der Waals surface area contributed by atoms with Gasteiger partial charge in [0.25, 0.3) is 10.0 Å². The number of para-hydroxylation sites is 2. The zero-order valence-electron chi connectivity index (χ0n) is 13.1. The Balaban J connectivity index is 2.00. The lowest BCUT2D eigenvalue weighted by Gasteiger charge is -2.32. The van der Waals surface area contributed by atoms with Crippen molar-refractivity contribution in [1.29, 1.82) is 0 Å². The van der Waals surface area contributed by atoms with E-state index in [1.807, 2.05) is 30.3 Å². The summed E-state index contributed by atoms with van der Waals surface area (Å²) in [7, 11) is -2.00. The van der Waals surface area contributed by atoms with Crippen LogP contribution in [0.3, 0.4) is 0 Å². The maximum Gasteiger partial charge on any atom is 0.266 e. The highest BCUT2D eigenvalue weighted by Crippen LogP contribution is 2.29. The average Bonchev–Trinajstić information content (AvgIpc) is 2.62. The SMILES string of the molecule is CN(c1ccccc1)S(=O)(=O)c1ccccc1N1CCNCC1. The molecule has 0 aliphatic carbocycles. The normalized spacial score (nSPS) is 15.4. The van der Waals surface area contributed by atoms with Crippen LogP contribution in [-0.2, 0) is 10.0 Å². The van der Waals surface area contributed by atoms with Gasteiger partial charge in [0.05, 0.1) is 11.4 Å². The van der Waals surface area contributed by atoms with Crippen LogP contribution in [0.15, 0.2) is 59.5 Å². The first-order chi connectivity index (χ1) is 11.1. The number of nitrogens with zero attached hydrogens (tertiary/aromatic N) is 2. The molecule has 122 valence electrons. The molecule has 0 saturated carbocycles. The number of anilines is 2. The van der Waals surface area contributed by atoms with Crippen molar-refractivity contribution in [2.75, 3.05) is 42.4 Å². The van der Waals surface area contributed by atoms with E-state index in [0.29, 0.717) is 10.6 Å². The molecule has 0 amide bonds. The molecule has 1 saturated heterocycles. The third-order valence-electron chi connectivity index (χ3n) is 4.08. The summed E-state index contributed by atoms with van der Waals surface area (Å²) in [5, 5.41) is 3.29. The Labute approximate surface area is 137 Å². The van der Waals surface area contributed by atoms with Gasteiger partial charge in [0.2, 0.25) is 0 Å². The smallest absolute Gasteiger partial charge is 0.266 e. The zero-order valence-corrected chi connectivity index (χ0v) is 14.0. The lowest BCUT2D eigenvalue weighted by Crippen LogP contribution is -2.44. The van der Waals surface area contributed by atoms with Gasteiger partial charge in [-0.25, -0.2) is 8.42 Å². The topological polar surface area (TPSA) is 52.7 Å². The summed E-state index contributed by atoms with van der Waals surface area (Å²) in [5.74, 6) is 0. The number of benzene rings is 2. The van der Waals surface area contributed by atoms with E-state index in [9.17, 15) is 8.42 Å². The fourth-order valence-corrected chi connectivity index (χ4v) is 4.17. The first kappa shape index (κ1) is 15.8. The van der Waals surface area contributed by atoms with Crippen LogP contribution in [0.4, 0.5) is 11.4 Å². The highest BCUT2D eigenvalue weighted by Gasteiger charge is 2.26. The summed E-state index contributed by atoms with van der Waals surface area (Å²) in [6.45, 7) is 3.34. The summed E-state index contributed by atoms with van der Waals surface area (Å²) < 4.78 is 27.5. The Bertz CT molecular complexity index is 756. The average molecular weight is 331 g/mol. The predicted molar refractivity (Wildman–Crippen MR) is 93.6 cm³/mol. The van der Waals surface area contributed by atoms with Gasteiger partial charge in [-0.05, 0) is 24.3 Å². The minimum absolute atomic E-state index is 0.355. The van der Waals surface area contributed by atoms with E-state index in [1.54, 1.807) is 31.3 Å². The fourth-order valence-electron chi connectivity index (χ4n) is 2.77. The van der Waals surface area contributed by atoms with Gasteiger partial charge in [0.1, 0.15) is 4.90 Å². The van der Waals surface area contributed by atoms with Crippen LogP contribution in [0, 0.1) is 0 Å². The van der Waals surface area contributed by atoms with Gasteiger partial charge in [-0.2, -0.15) is 0 Å². The van der Waals surface area contributed by atoms with E-state index in [1.165, 1.54) is 4.31 Å². The molecule has 5 nitrogen and oxygen atoms in total. The Morgan fingerprint density at radius 2 is 1.57 bits per heavy atom. The van der Waals surface area contributed by atoms with Crippen LogP contribution in [0.1, 0.15) is 0 Å². The summed E-state index contributed by atoms with van der Waals surface area (Å²) in [5.41, 5.74) is 1.43. The van der Waals surface area contributed by atoms with Crippen molar-refractivity contribution in [1.82, 2.24) is 5.32 Å². The Morgan fingerprint density at radius 3 is 2.26 bits per heavy atom. The van der Waals surface area contributed by atoms with Crippen molar-refractivity contribution >= 4 is 21.4 Å². The van der Waals surface area contributed by atoms with Gasteiger partial charge in [-0.1, -0.05) is 30.3 Å². The maximum absolute atomic E-state index is 13.1. The summed E-state index contributed by atoms with van der Waals surface area (Å²) in [4.78, 5) is 2.48. The molecule has 1 aliphatic rings. The summed E-state index contributed by atoms with van der Waals surface area (Å²) in [6.07, 6.45) is 0. The van der Waals surface area contributed by atoms with Crippen molar-refractivity contribution in [3.8, 4) is 0 Å². The van der Waals surface area contributed by atoms with E-state index < -0.39 is 10.0 Å². The summed E-state index contributed by atoms with van der Waals surface area (Å²) >= 11 is 0. The van der Waals surface area contributed by atoms with Crippen LogP contribution >= 0.6 is 0 Å². The number of nitrogens with one attached hydrogen (secondary N) is 1. The number of rotatable bonds is 4. The third kappa shape index (κ3) is 3.18. The van der Waals surface area contributed by atoms with Crippen molar-refractivity contribution in [3.05, 3.63) is 54.6 Å². The molecule has 1 fully saturated rings. The van der Waals surface area contributed by atoms with Crippen LogP contribution in [0.5, 0.6) is 0 Å². The minimum Gasteiger partial charge on any atom is -0.368 e. The van der Waals surface area contributed by atoms with Gasteiger partial charge in [-0.15, -0.1) is 0 Å². The highest BCUT2D eigenvalue weighted by molar-refractivity contribution is 7.93. The first-order valence-corrected chi connectivity index (χ1v) is 9.13. The van der Waals surface area contributed by atoms with Crippen molar-refractivity contribution in [3.63, 3.8) is 0 Å². The minimum atomic E-state index is -3.60. The Morgan fingerprint density at radius 1 is 0.957 bits per heavy atom. The molecule has 1 aliphatic heterocycles. The first-order valence-electron chi connectivity index (χ1n) is 7.69. The number of hydrogen-bond acceptors (Lipinski definition) is 4. The molecule has 1 heterocycles. The molecular weight excluding hydrogens is 310 g/mol. The van der Waals surface area contributed by atoms with E-state index >= 15 is 0 Å². The second-order valence-electron chi connectivity index (χ2n) is 5.51. The van der Waals surface area contributed by atoms with Gasteiger partial charge in [0, 0.05) is 33.2 Å². The van der Waals surface area contributed by atoms with E-state index in [4.69, 9.17) is 0 Å². The quantitative estimate of drug-likeness (QED) is 0.930. The molecule has 0 aromatic heterocycles. The van der Waals surface area contributed by atoms with Crippen molar-refractivity contribution in [2.24, 2.45) is 0 Å². The van der Waals surface area contributed by atoms with Gasteiger partial charge in [0.15, 0.2) is 0 Å². The highest BCUT2D eigenvalue weighted by atomic mass is 32.2. The maximum atomic E-state index is 13.1. The van der Waals surface area contributed by atoms with Crippen molar-refractivity contribution < 1.29 is 8.42 Å². The molecule has 1 N–H and O–H groups in total. The Hall–Kier alpha value is -2.05. The van der Waals surface area contributed by atoms with Crippen LogP contribution in [-0.4, -0.2) is 41.6 Å². The zero-order chi connectivity index (χ0) is 16.3. The van der Waals surface area contributed by atoms with Crippen molar-refractivity contribution in [2.45, 2.75) is 4.90 Å². The standard InChI is InChI=1S/C17H21N3O2S/c1-19(15-7-3-2-4-8-15)23(21,22)17-10-6-5-9-16(17)20-13-11-18-12-14-20/h2-10,18H,11-14H2,1H3. The Kier molecular flexibility index (Phi) is 4.54. The largest absolute Gasteiger partial charge is 0.368 e. The monoisotopic (exact) mass is 331 g/mol. The van der Waals surface area contributed by atoms with E-state index in [2.05, 4.69) is 10.2 Å². The molecule has 2 aromatic carbocycles. The molecule has 6 heteroatoms. The second kappa shape index (κ2) is 6.60. The van der Waals surface area contributed by atoms with Gasteiger partial charge < -0.3 is 10.2 Å². The predicted octanol–water partition coefficient (Wildman–Crippen LogP) is 1.92. The van der Waals surface area contributed by atoms with Crippen LogP contribution in [0.25, 0.3) is 0 Å². The third-order valence-corrected chi connectivity index (χ3v) is 5.91. The van der Waals surface area contributed by atoms with Gasteiger partial charge >= 0.3 is 0 Å². The molecule has 0 radical (unpaired) electrons. The number of sulfonamides is 1. The molecule has 0 spiro atoms. The second-order valence-corrected chi connectivity index (χ2v) is 7.45. The lowest BCUT2D eigenvalue weighted by atomic mass is 10.2. The number of piperazine rings is 1. The number of hydrogen-bond donors (Lipinski definition) is 1. The van der Waals surface area contributed by atoms with Crippen LogP contribution in [0.2, 0.25) is 0 Å². The lowest BCUT2D eigenvalue weighted by molar-refractivity contribution is 0.579. The molecule has 3 rings (SSSR count). The van der Waals surface area contributed by atoms with E-state index in [-0.39, 0.29) is 0 Å². The van der Waals surface area contributed by atoms with Gasteiger partial charge in [-0.3, -0.25) is 4.31 Å². The van der Waals surface area contributed by atoms with Crippen LogP contribution < -0.4 is 14.5 Å². The fraction of sp³-hybridized carbons (Fsp3) is 0.294. The molecular formula is C17H21N3O2S. The molecule has 0 bridgehead atoms. The molecule has 0 atom stereocenters. The summed E-state index contributed by atoms with van der Waals surface area (Å²) in [6, 6.07) is 16.4. The van der Waals surface area contributed by atoms with E-state index in [0.717, 1.165) is 31.9 Å².